The molecule has 0 aliphatic carbocycles. The van der Waals surface area contributed by atoms with Gasteiger partial charge in [-0.2, -0.15) is 13.2 Å². The van der Waals surface area contributed by atoms with Crippen LogP contribution in [0.4, 0.5) is 13.2 Å². The molecule has 0 unspecified atom stereocenters. The van der Waals surface area contributed by atoms with E-state index in [1.54, 1.807) is 6.07 Å². The molecule has 1 N–H and O–H groups in total. The molecule has 1 aromatic carbocycles. The molecule has 1 amide bonds. The number of halogens is 3. The maximum atomic E-state index is 12.3. The fourth-order valence-electron chi connectivity index (χ4n) is 1.75. The summed E-state index contributed by atoms with van der Waals surface area (Å²) < 4.78 is 46.1. The Balaban J connectivity index is 2.95. The van der Waals surface area contributed by atoms with Crippen LogP contribution in [0.1, 0.15) is 16.8 Å². The second kappa shape index (κ2) is 7.61. The van der Waals surface area contributed by atoms with Crippen molar-refractivity contribution in [3.8, 4) is 5.75 Å². The van der Waals surface area contributed by atoms with Gasteiger partial charge in [0, 0.05) is 6.42 Å². The fourth-order valence-corrected chi connectivity index (χ4v) is 1.75. The van der Waals surface area contributed by atoms with Crippen LogP contribution in [0.3, 0.4) is 0 Å². The van der Waals surface area contributed by atoms with Gasteiger partial charge in [-0.25, -0.2) is 4.79 Å². The molecule has 9 heteroatoms. The molecule has 0 saturated carbocycles. The molecular formula is C14H14F3NO5. The predicted molar refractivity (Wildman–Crippen MR) is 71.9 cm³/mol. The van der Waals surface area contributed by atoms with Crippen LogP contribution in [0.5, 0.6) is 5.75 Å². The van der Waals surface area contributed by atoms with Crippen molar-refractivity contribution in [2.75, 3.05) is 14.2 Å². The Morgan fingerprint density at radius 3 is 2.30 bits per heavy atom. The number of methoxy groups -OCH3 is 2. The number of hydrogen-bond donors (Lipinski definition) is 1. The Morgan fingerprint density at radius 1 is 1.17 bits per heavy atom. The average Bonchev–Trinajstić information content (AvgIpc) is 2.52. The zero-order valence-electron chi connectivity index (χ0n) is 12.3. The summed E-state index contributed by atoms with van der Waals surface area (Å²) in [5, 5.41) is 1.45. The molecule has 6 nitrogen and oxygen atoms in total. The Labute approximate surface area is 129 Å². The summed E-state index contributed by atoms with van der Waals surface area (Å²) >= 11 is 0. The second-order valence-electron chi connectivity index (χ2n) is 4.37. The molecule has 0 radical (unpaired) electrons. The van der Waals surface area contributed by atoms with Gasteiger partial charge in [0.15, 0.2) is 5.78 Å². The molecule has 1 rings (SSSR count). The van der Waals surface area contributed by atoms with Crippen LogP contribution < -0.4 is 10.1 Å². The predicted octanol–water partition coefficient (Wildman–Crippen LogP) is 1.49. The molecule has 0 saturated heterocycles. The van der Waals surface area contributed by atoms with E-state index in [1.165, 1.54) is 30.6 Å². The highest BCUT2D eigenvalue weighted by Crippen LogP contribution is 2.20. The van der Waals surface area contributed by atoms with Crippen LogP contribution in [0.25, 0.3) is 0 Å². The van der Waals surface area contributed by atoms with Crippen LogP contribution in [-0.4, -0.2) is 44.1 Å². The number of ether oxygens (including phenoxy) is 2. The highest BCUT2D eigenvalue weighted by molar-refractivity contribution is 6.02. The van der Waals surface area contributed by atoms with Crippen molar-refractivity contribution in [2.24, 2.45) is 0 Å². The zero-order valence-corrected chi connectivity index (χ0v) is 12.3. The third-order valence-electron chi connectivity index (χ3n) is 2.85. The number of para-hydroxylation sites is 1. The number of benzene rings is 1. The number of hydrogen-bond acceptors (Lipinski definition) is 5. The lowest BCUT2D eigenvalue weighted by atomic mass is 10.0. The van der Waals surface area contributed by atoms with Gasteiger partial charge in [0.2, 0.25) is 0 Å². The van der Waals surface area contributed by atoms with E-state index in [-0.39, 0.29) is 11.3 Å². The van der Waals surface area contributed by atoms with Gasteiger partial charge >= 0.3 is 18.1 Å². The van der Waals surface area contributed by atoms with Crippen molar-refractivity contribution in [1.29, 1.82) is 0 Å². The lowest BCUT2D eigenvalue weighted by Gasteiger charge is -2.17. The summed E-state index contributed by atoms with van der Waals surface area (Å²) in [7, 11) is 2.25. The van der Waals surface area contributed by atoms with Gasteiger partial charge in [-0.15, -0.1) is 0 Å². The average molecular weight is 333 g/mol. The first kappa shape index (κ1) is 18.5. The largest absolute Gasteiger partial charge is 0.496 e. The van der Waals surface area contributed by atoms with Crippen LogP contribution in [-0.2, 0) is 14.3 Å². The van der Waals surface area contributed by atoms with E-state index in [1.807, 2.05) is 0 Å². The summed E-state index contributed by atoms with van der Waals surface area (Å²) in [4.78, 5) is 34.6. The summed E-state index contributed by atoms with van der Waals surface area (Å²) in [5.41, 5.74) is 0.0742. The van der Waals surface area contributed by atoms with Crippen molar-refractivity contribution in [3.63, 3.8) is 0 Å². The van der Waals surface area contributed by atoms with Crippen LogP contribution in [0.2, 0.25) is 0 Å². The summed E-state index contributed by atoms with van der Waals surface area (Å²) in [6.07, 6.45) is -5.88. The van der Waals surface area contributed by atoms with E-state index in [0.29, 0.717) is 0 Å². The van der Waals surface area contributed by atoms with E-state index in [0.717, 1.165) is 7.11 Å². The van der Waals surface area contributed by atoms with E-state index in [2.05, 4.69) is 4.74 Å². The molecule has 0 fully saturated rings. The number of esters is 1. The summed E-state index contributed by atoms with van der Waals surface area (Å²) in [6.45, 7) is 0. The third-order valence-corrected chi connectivity index (χ3v) is 2.85. The van der Waals surface area contributed by atoms with Gasteiger partial charge in [-0.05, 0) is 12.1 Å². The minimum absolute atomic E-state index is 0.0742. The molecule has 0 aliphatic heterocycles. The standard InChI is InChI=1S/C14H14F3NO5/c1-22-11-6-4-3-5-8(11)10(19)7-9(12(20)23-2)18-13(21)14(15,16)17/h3-6,9H,7H2,1-2H3,(H,18,21)/t9-/m1/s1. The molecule has 0 bridgehead atoms. The first-order chi connectivity index (χ1) is 10.7. The molecule has 0 spiro atoms. The number of nitrogens with one attached hydrogen (secondary N) is 1. The number of carbonyl (C=O) groups is 3. The van der Waals surface area contributed by atoms with E-state index in [9.17, 15) is 27.6 Å². The quantitative estimate of drug-likeness (QED) is 0.630. The Hall–Kier alpha value is -2.58. The molecular weight excluding hydrogens is 319 g/mol. The van der Waals surface area contributed by atoms with Gasteiger partial charge in [0.1, 0.15) is 11.8 Å². The molecule has 1 aromatic rings. The number of ketones is 1. The van der Waals surface area contributed by atoms with Crippen LogP contribution >= 0.6 is 0 Å². The van der Waals surface area contributed by atoms with Gasteiger partial charge in [-0.3, -0.25) is 9.59 Å². The minimum Gasteiger partial charge on any atom is -0.496 e. The SMILES string of the molecule is COC(=O)[C@@H](CC(=O)c1ccccc1OC)NC(=O)C(F)(F)F. The van der Waals surface area contributed by atoms with Gasteiger partial charge in [-0.1, -0.05) is 12.1 Å². The highest BCUT2D eigenvalue weighted by atomic mass is 19.4. The lowest BCUT2D eigenvalue weighted by Crippen LogP contribution is -2.48. The maximum Gasteiger partial charge on any atom is 0.471 e. The normalized spacial score (nSPS) is 12.2. The Bertz CT molecular complexity index is 600. The van der Waals surface area contributed by atoms with E-state index >= 15 is 0 Å². The van der Waals surface area contributed by atoms with Crippen molar-refractivity contribution in [1.82, 2.24) is 5.32 Å². The summed E-state index contributed by atoms with van der Waals surface area (Å²) in [6, 6.07) is 4.23. The van der Waals surface area contributed by atoms with E-state index in [4.69, 9.17) is 4.74 Å². The van der Waals surface area contributed by atoms with Crippen LogP contribution in [0, 0.1) is 0 Å². The second-order valence-corrected chi connectivity index (χ2v) is 4.37. The first-order valence-corrected chi connectivity index (χ1v) is 6.32. The summed E-state index contributed by atoms with van der Waals surface area (Å²) in [5.74, 6) is -3.98. The van der Waals surface area contributed by atoms with Gasteiger partial charge < -0.3 is 14.8 Å². The number of amides is 1. The lowest BCUT2D eigenvalue weighted by molar-refractivity contribution is -0.175. The van der Waals surface area contributed by atoms with Gasteiger partial charge in [0.25, 0.3) is 0 Å². The first-order valence-electron chi connectivity index (χ1n) is 6.32. The van der Waals surface area contributed by atoms with Gasteiger partial charge in [0.05, 0.1) is 19.8 Å². The highest BCUT2D eigenvalue weighted by Gasteiger charge is 2.41. The molecule has 0 heterocycles. The number of Topliss-reactive ketones (excluding diaryl/α,β-unsaturated/α-hetero) is 1. The minimum atomic E-state index is -5.18. The molecule has 23 heavy (non-hydrogen) atoms. The van der Waals surface area contributed by atoms with Crippen LogP contribution in [0.15, 0.2) is 24.3 Å². The monoisotopic (exact) mass is 333 g/mol. The number of carbonyl (C=O) groups excluding carboxylic acids is 3. The number of alkyl halides is 3. The maximum absolute atomic E-state index is 12.3. The molecule has 0 aliphatic rings. The molecule has 1 atom stereocenters. The Kier molecular flexibility index (Phi) is 6.11. The fraction of sp³-hybridized carbons (Fsp3) is 0.357. The third kappa shape index (κ3) is 4.97. The Morgan fingerprint density at radius 2 is 1.78 bits per heavy atom. The van der Waals surface area contributed by atoms with Crippen molar-refractivity contribution in [3.05, 3.63) is 29.8 Å². The van der Waals surface area contributed by atoms with Crippen molar-refractivity contribution >= 4 is 17.7 Å². The van der Waals surface area contributed by atoms with E-state index < -0.39 is 36.3 Å². The molecule has 126 valence electrons. The molecule has 0 aromatic heterocycles. The zero-order chi connectivity index (χ0) is 17.6. The van der Waals surface area contributed by atoms with Crippen molar-refractivity contribution < 1.29 is 37.0 Å². The topological polar surface area (TPSA) is 81.7 Å². The van der Waals surface area contributed by atoms with Crippen molar-refractivity contribution in [2.45, 2.75) is 18.6 Å². The smallest absolute Gasteiger partial charge is 0.471 e. The number of rotatable bonds is 6.